The number of aromatic nitrogens is 1. The number of nitrogens with one attached hydrogen (secondary N) is 2. The number of aromatic amines is 1. The van der Waals surface area contributed by atoms with Gasteiger partial charge in [-0.3, -0.25) is 9.78 Å². The summed E-state index contributed by atoms with van der Waals surface area (Å²) in [5, 5.41) is 21.5. The second kappa shape index (κ2) is 6.72. The number of rotatable bonds is 5. The monoisotopic (exact) mass is 312 g/mol. The van der Waals surface area contributed by atoms with E-state index in [0.717, 1.165) is 6.07 Å². The van der Waals surface area contributed by atoms with Crippen LogP contribution in [0.5, 0.6) is 11.8 Å². The van der Waals surface area contributed by atoms with Crippen molar-refractivity contribution in [1.82, 2.24) is 10.3 Å². The summed E-state index contributed by atoms with van der Waals surface area (Å²) in [6, 6.07) is 0.269. The summed E-state index contributed by atoms with van der Waals surface area (Å²) in [6.45, 7) is 8.87. The number of amides is 1. The highest BCUT2D eigenvalue weighted by molar-refractivity contribution is 6.03. The molecule has 0 aliphatic carbocycles. The Morgan fingerprint density at radius 2 is 1.95 bits per heavy atom. The van der Waals surface area contributed by atoms with Crippen molar-refractivity contribution in [3.8, 4) is 11.8 Å². The first-order valence-electron chi connectivity index (χ1n) is 7.19. The second-order valence-corrected chi connectivity index (χ2v) is 6.29. The van der Waals surface area contributed by atoms with Gasteiger partial charge in [0.05, 0.1) is 11.6 Å². The van der Waals surface area contributed by atoms with Crippen molar-refractivity contribution in [3.63, 3.8) is 0 Å². The van der Waals surface area contributed by atoms with Crippen molar-refractivity contribution >= 4 is 11.9 Å². The number of Topliss-reactive ketones (excluding diaryl/α,β-unsaturated/α-hetero) is 1. The van der Waals surface area contributed by atoms with Gasteiger partial charge in [0.25, 0.3) is 0 Å². The number of ether oxygens (including phenoxy) is 1. The Labute approximate surface area is 129 Å². The van der Waals surface area contributed by atoms with Crippen LogP contribution in [0.15, 0.2) is 6.07 Å². The largest absolute Gasteiger partial charge is 0.494 e. The van der Waals surface area contributed by atoms with Gasteiger partial charge in [-0.2, -0.15) is 0 Å². The normalized spacial score (nSPS) is 14.2. The van der Waals surface area contributed by atoms with E-state index in [2.05, 4.69) is 10.3 Å². The van der Waals surface area contributed by atoms with Crippen molar-refractivity contribution in [2.24, 2.45) is 5.92 Å². The molecule has 0 saturated carbocycles. The number of ketones is 1. The number of carbonyl (C=O) groups is 2. The number of hydrogen-bond donors (Lipinski definition) is 4. The Balaban J connectivity index is 2.96. The highest BCUT2D eigenvalue weighted by Crippen LogP contribution is 2.25. The van der Waals surface area contributed by atoms with E-state index in [9.17, 15) is 19.8 Å². The summed E-state index contributed by atoms with van der Waals surface area (Å²) in [6.07, 6.45) is -0.0611. The van der Waals surface area contributed by atoms with Crippen LogP contribution in [-0.2, 0) is 4.74 Å². The van der Waals surface area contributed by atoms with Crippen molar-refractivity contribution in [2.75, 3.05) is 0 Å². The maximum atomic E-state index is 12.5. The lowest BCUT2D eigenvalue weighted by Crippen LogP contribution is -2.46. The number of H-pyrrole nitrogens is 1. The molecule has 0 bridgehead atoms. The molecule has 1 rings (SSSR count). The SMILES string of the molecule is CC[C@H](C)[C@H](NC(=O)OC(C)(C)C)C(=O)c1cc(O)[nH]c1O. The van der Waals surface area contributed by atoms with Crippen molar-refractivity contribution < 1.29 is 24.5 Å². The van der Waals surface area contributed by atoms with Crippen LogP contribution in [0, 0.1) is 5.92 Å². The van der Waals surface area contributed by atoms with Gasteiger partial charge in [0.2, 0.25) is 5.88 Å². The predicted octanol–water partition coefficient (Wildman–Crippen LogP) is 2.55. The third-order valence-electron chi connectivity index (χ3n) is 3.22. The molecule has 0 unspecified atom stereocenters. The number of carbonyl (C=O) groups excluding carboxylic acids is 2. The second-order valence-electron chi connectivity index (χ2n) is 6.29. The van der Waals surface area contributed by atoms with E-state index >= 15 is 0 Å². The highest BCUT2D eigenvalue weighted by atomic mass is 16.6. The predicted molar refractivity (Wildman–Crippen MR) is 81.1 cm³/mol. The van der Waals surface area contributed by atoms with Crippen LogP contribution < -0.4 is 5.32 Å². The molecule has 1 aromatic rings. The minimum atomic E-state index is -0.860. The summed E-state index contributed by atoms with van der Waals surface area (Å²) >= 11 is 0. The molecule has 4 N–H and O–H groups in total. The Morgan fingerprint density at radius 3 is 2.36 bits per heavy atom. The topological polar surface area (TPSA) is 112 Å². The van der Waals surface area contributed by atoms with E-state index in [4.69, 9.17) is 4.74 Å². The Morgan fingerprint density at radius 1 is 1.36 bits per heavy atom. The van der Waals surface area contributed by atoms with Gasteiger partial charge < -0.3 is 20.3 Å². The van der Waals surface area contributed by atoms with E-state index < -0.39 is 29.4 Å². The Kier molecular flexibility index (Phi) is 5.46. The van der Waals surface area contributed by atoms with Crippen molar-refractivity contribution in [1.29, 1.82) is 0 Å². The van der Waals surface area contributed by atoms with Gasteiger partial charge in [0.15, 0.2) is 11.7 Å². The first-order valence-corrected chi connectivity index (χ1v) is 7.19. The molecule has 0 spiro atoms. The number of hydrogen-bond acceptors (Lipinski definition) is 5. The van der Waals surface area contributed by atoms with Crippen LogP contribution in [0.25, 0.3) is 0 Å². The zero-order valence-corrected chi connectivity index (χ0v) is 13.6. The van der Waals surface area contributed by atoms with Gasteiger partial charge in [-0.25, -0.2) is 4.79 Å². The van der Waals surface area contributed by atoms with Gasteiger partial charge in [-0.1, -0.05) is 20.3 Å². The number of alkyl carbamates (subject to hydrolysis) is 1. The van der Waals surface area contributed by atoms with Crippen LogP contribution in [0.4, 0.5) is 4.79 Å². The Hall–Kier alpha value is -2.18. The van der Waals surface area contributed by atoms with Gasteiger partial charge in [0.1, 0.15) is 5.60 Å². The standard InChI is InChI=1S/C15H24N2O5/c1-6-8(2)11(17-14(21)22-15(3,4)5)12(19)9-7-10(18)16-13(9)20/h7-8,11,16,18,20H,6H2,1-5H3,(H,17,21)/t8-,11-/m0/s1. The third kappa shape index (κ3) is 4.68. The quantitative estimate of drug-likeness (QED) is 0.624. The van der Waals surface area contributed by atoms with E-state index in [-0.39, 0.29) is 17.4 Å². The van der Waals surface area contributed by atoms with E-state index in [0.29, 0.717) is 6.42 Å². The third-order valence-corrected chi connectivity index (χ3v) is 3.22. The minimum absolute atomic E-state index is 0.0705. The van der Waals surface area contributed by atoms with Crippen molar-refractivity contribution in [3.05, 3.63) is 11.6 Å². The summed E-state index contributed by atoms with van der Waals surface area (Å²) in [5.41, 5.74) is -0.749. The molecule has 0 fully saturated rings. The molecular weight excluding hydrogens is 288 g/mol. The molecule has 1 heterocycles. The molecule has 1 aromatic heterocycles. The van der Waals surface area contributed by atoms with Gasteiger partial charge in [-0.05, 0) is 26.7 Å². The lowest BCUT2D eigenvalue weighted by atomic mass is 9.92. The molecule has 0 radical (unpaired) electrons. The maximum Gasteiger partial charge on any atom is 0.408 e. The molecule has 0 saturated heterocycles. The average molecular weight is 312 g/mol. The smallest absolute Gasteiger partial charge is 0.408 e. The van der Waals surface area contributed by atoms with Gasteiger partial charge >= 0.3 is 6.09 Å². The molecule has 7 nitrogen and oxygen atoms in total. The molecule has 0 aromatic carbocycles. The summed E-state index contributed by atoms with van der Waals surface area (Å²) in [5.74, 6) is -1.41. The first-order chi connectivity index (χ1) is 10.0. The van der Waals surface area contributed by atoms with E-state index in [1.165, 1.54) is 0 Å². The molecule has 2 atom stereocenters. The lowest BCUT2D eigenvalue weighted by molar-refractivity contribution is 0.0471. The summed E-state index contributed by atoms with van der Waals surface area (Å²) < 4.78 is 5.16. The van der Waals surface area contributed by atoms with Crippen LogP contribution in [0.3, 0.4) is 0 Å². The molecule has 124 valence electrons. The zero-order valence-electron chi connectivity index (χ0n) is 13.6. The molecular formula is C15H24N2O5. The highest BCUT2D eigenvalue weighted by Gasteiger charge is 2.31. The minimum Gasteiger partial charge on any atom is -0.494 e. The fraction of sp³-hybridized carbons (Fsp3) is 0.600. The van der Waals surface area contributed by atoms with E-state index in [1.54, 1.807) is 20.8 Å². The first kappa shape index (κ1) is 17.9. The fourth-order valence-electron chi connectivity index (χ4n) is 1.92. The van der Waals surface area contributed by atoms with Crippen LogP contribution in [0.1, 0.15) is 51.4 Å². The van der Waals surface area contributed by atoms with Crippen LogP contribution >= 0.6 is 0 Å². The van der Waals surface area contributed by atoms with Gasteiger partial charge in [0, 0.05) is 6.07 Å². The molecule has 0 aliphatic heterocycles. The lowest BCUT2D eigenvalue weighted by Gasteiger charge is -2.25. The number of aromatic hydroxyl groups is 2. The van der Waals surface area contributed by atoms with Crippen molar-refractivity contribution in [2.45, 2.75) is 52.7 Å². The van der Waals surface area contributed by atoms with Crippen LogP contribution in [0.2, 0.25) is 0 Å². The Bertz CT molecular complexity index is 545. The molecule has 1 amide bonds. The average Bonchev–Trinajstić information content (AvgIpc) is 2.71. The van der Waals surface area contributed by atoms with E-state index in [1.807, 2.05) is 13.8 Å². The van der Waals surface area contributed by atoms with Crippen LogP contribution in [-0.4, -0.2) is 38.7 Å². The molecule has 22 heavy (non-hydrogen) atoms. The summed E-state index contributed by atoms with van der Waals surface area (Å²) in [4.78, 5) is 26.7. The van der Waals surface area contributed by atoms with Gasteiger partial charge in [-0.15, -0.1) is 0 Å². The summed E-state index contributed by atoms with van der Waals surface area (Å²) in [7, 11) is 0. The molecule has 0 aliphatic rings. The zero-order chi connectivity index (χ0) is 17.1. The fourth-order valence-corrected chi connectivity index (χ4v) is 1.92. The maximum absolute atomic E-state index is 12.5. The molecule has 7 heteroatoms.